The Bertz CT molecular complexity index is 2180. The number of para-hydroxylation sites is 1. The Morgan fingerprint density at radius 1 is 0.614 bits per heavy atom. The van der Waals surface area contributed by atoms with Crippen molar-refractivity contribution in [1.29, 1.82) is 0 Å². The van der Waals surface area contributed by atoms with Gasteiger partial charge in [-0.15, -0.1) is 0 Å². The van der Waals surface area contributed by atoms with E-state index in [9.17, 15) is 22.8 Å². The summed E-state index contributed by atoms with van der Waals surface area (Å²) < 4.78 is 42.8. The molecule has 0 bridgehead atoms. The highest BCUT2D eigenvalue weighted by Gasteiger charge is 2.40. The Kier molecular flexibility index (Phi) is 6.08. The number of hydrogen-bond donors (Lipinski definition) is 0. The summed E-state index contributed by atoms with van der Waals surface area (Å²) in [7, 11) is 0. The quantitative estimate of drug-likeness (QED) is 0.193. The number of rotatable bonds is 3. The summed E-state index contributed by atoms with van der Waals surface area (Å²) in [4.78, 5) is 29.2. The number of hydrogen-bond acceptors (Lipinski definition) is 2. The van der Waals surface area contributed by atoms with Gasteiger partial charge in [0.25, 0.3) is 11.8 Å². The summed E-state index contributed by atoms with van der Waals surface area (Å²) in [6.45, 7) is 7.43. The summed E-state index contributed by atoms with van der Waals surface area (Å²) in [5.74, 6) is -0.762. The highest BCUT2D eigenvalue weighted by molar-refractivity contribution is 6.36. The van der Waals surface area contributed by atoms with Gasteiger partial charge in [-0.3, -0.25) is 9.59 Å². The van der Waals surface area contributed by atoms with Gasteiger partial charge in [0, 0.05) is 10.8 Å². The first-order valence-corrected chi connectivity index (χ1v) is 14.3. The topological polar surface area (TPSA) is 42.3 Å². The third-order valence-electron chi connectivity index (χ3n) is 8.40. The zero-order valence-corrected chi connectivity index (χ0v) is 24.5. The number of aryl methyl sites for hydroxylation is 4. The van der Waals surface area contributed by atoms with Gasteiger partial charge in [0.15, 0.2) is 0 Å². The number of halogens is 3. The van der Waals surface area contributed by atoms with Crippen LogP contribution in [0.5, 0.6) is 0 Å². The molecule has 4 nitrogen and oxygen atoms in total. The highest BCUT2D eigenvalue weighted by Crippen LogP contribution is 2.41. The third-order valence-corrected chi connectivity index (χ3v) is 8.40. The molecule has 0 aliphatic carbocycles. The molecule has 2 heterocycles. The normalized spacial score (nSPS) is 13.4. The summed E-state index contributed by atoms with van der Waals surface area (Å²) in [6.07, 6.45) is -4.46. The van der Waals surface area contributed by atoms with E-state index >= 15 is 0 Å². The Hall–Kier alpha value is -5.17. The van der Waals surface area contributed by atoms with E-state index in [-0.39, 0.29) is 5.91 Å². The maximum atomic E-state index is 14.2. The van der Waals surface area contributed by atoms with Crippen LogP contribution in [0.2, 0.25) is 0 Å². The Balaban J connectivity index is 1.44. The Labute approximate surface area is 252 Å². The SMILES string of the molecule is Cc1cc(-c2ccc3c(c2)c2ccccc2n3-c2cccc3c2C(=O)N(c2c(C)cc(C)cc2C)C3=O)cc(C(F)(F)F)c1. The van der Waals surface area contributed by atoms with E-state index in [2.05, 4.69) is 0 Å². The second-order valence-corrected chi connectivity index (χ2v) is 11.6. The second-order valence-electron chi connectivity index (χ2n) is 11.6. The van der Waals surface area contributed by atoms with Crippen LogP contribution in [0.1, 0.15) is 48.5 Å². The van der Waals surface area contributed by atoms with Gasteiger partial charge in [-0.1, -0.05) is 54.1 Å². The van der Waals surface area contributed by atoms with E-state index in [1.165, 1.54) is 11.0 Å². The van der Waals surface area contributed by atoms with Crippen molar-refractivity contribution in [3.8, 4) is 16.8 Å². The average molecular weight is 589 g/mol. The molecular formula is C37H27F3N2O2. The van der Waals surface area contributed by atoms with Gasteiger partial charge >= 0.3 is 6.18 Å². The van der Waals surface area contributed by atoms with Crippen LogP contribution in [0.3, 0.4) is 0 Å². The van der Waals surface area contributed by atoms with Crippen LogP contribution in [-0.4, -0.2) is 16.4 Å². The van der Waals surface area contributed by atoms with Crippen LogP contribution < -0.4 is 4.90 Å². The van der Waals surface area contributed by atoms with E-state index in [1.807, 2.05) is 79.9 Å². The van der Waals surface area contributed by atoms with Crippen LogP contribution >= 0.6 is 0 Å². The van der Waals surface area contributed by atoms with Gasteiger partial charge in [-0.25, -0.2) is 4.90 Å². The molecule has 0 fully saturated rings. The fourth-order valence-electron chi connectivity index (χ4n) is 6.71. The first kappa shape index (κ1) is 27.7. The first-order valence-electron chi connectivity index (χ1n) is 14.3. The van der Waals surface area contributed by atoms with Crippen molar-refractivity contribution in [3.05, 3.63) is 130 Å². The zero-order valence-electron chi connectivity index (χ0n) is 24.5. The molecular weight excluding hydrogens is 561 g/mol. The molecule has 0 N–H and O–H groups in total. The average Bonchev–Trinajstić information content (AvgIpc) is 3.43. The van der Waals surface area contributed by atoms with Gasteiger partial charge < -0.3 is 4.57 Å². The molecule has 218 valence electrons. The molecule has 0 atom stereocenters. The zero-order chi connectivity index (χ0) is 31.1. The fraction of sp³-hybridized carbons (Fsp3) is 0.135. The van der Waals surface area contributed by atoms with Gasteiger partial charge in [-0.05, 0) is 98.0 Å². The lowest BCUT2D eigenvalue weighted by molar-refractivity contribution is -0.137. The van der Waals surface area contributed by atoms with E-state index in [0.29, 0.717) is 39.2 Å². The van der Waals surface area contributed by atoms with Crippen molar-refractivity contribution in [1.82, 2.24) is 4.57 Å². The van der Waals surface area contributed by atoms with Crippen molar-refractivity contribution in [2.24, 2.45) is 0 Å². The number of anilines is 1. The van der Waals surface area contributed by atoms with E-state index in [4.69, 9.17) is 0 Å². The van der Waals surface area contributed by atoms with E-state index < -0.39 is 17.6 Å². The predicted molar refractivity (Wildman–Crippen MR) is 168 cm³/mol. The van der Waals surface area contributed by atoms with Crippen molar-refractivity contribution < 1.29 is 22.8 Å². The molecule has 1 aliphatic rings. The van der Waals surface area contributed by atoms with Gasteiger partial charge in [0.05, 0.1) is 39.1 Å². The molecule has 7 rings (SSSR count). The summed E-state index contributed by atoms with van der Waals surface area (Å²) in [6, 6.07) is 26.5. The van der Waals surface area contributed by atoms with Crippen molar-refractivity contribution in [3.63, 3.8) is 0 Å². The lowest BCUT2D eigenvalue weighted by Gasteiger charge is -2.20. The molecule has 7 heteroatoms. The maximum absolute atomic E-state index is 14.2. The predicted octanol–water partition coefficient (Wildman–Crippen LogP) is 9.50. The Morgan fingerprint density at radius 2 is 1.30 bits per heavy atom. The number of imide groups is 1. The standard InChI is InChI=1S/C37H27F3N2O2/c1-20-14-22(3)34(23(4)15-20)42-35(43)28-9-7-11-32(33(28)36(42)44)41-30-10-6-5-8-27(30)29-19-24(12-13-31(29)41)25-16-21(2)17-26(18-25)37(38,39)40/h5-19H,1-4H3. The van der Waals surface area contributed by atoms with Crippen LogP contribution in [-0.2, 0) is 6.18 Å². The van der Waals surface area contributed by atoms with Gasteiger partial charge in [0.1, 0.15) is 0 Å². The number of aromatic nitrogens is 1. The number of carbonyl (C=O) groups excluding carboxylic acids is 2. The monoisotopic (exact) mass is 588 g/mol. The molecule has 44 heavy (non-hydrogen) atoms. The molecule has 1 aliphatic heterocycles. The van der Waals surface area contributed by atoms with Gasteiger partial charge in [0.2, 0.25) is 0 Å². The summed E-state index contributed by atoms with van der Waals surface area (Å²) >= 11 is 0. The molecule has 2 amide bonds. The molecule has 6 aromatic rings. The maximum Gasteiger partial charge on any atom is 0.416 e. The molecule has 0 unspecified atom stereocenters. The Morgan fingerprint density at radius 3 is 2.02 bits per heavy atom. The molecule has 0 radical (unpaired) electrons. The largest absolute Gasteiger partial charge is 0.416 e. The number of alkyl halides is 3. The summed E-state index contributed by atoms with van der Waals surface area (Å²) in [5, 5.41) is 1.70. The molecule has 5 aromatic carbocycles. The number of benzene rings is 5. The minimum absolute atomic E-state index is 0.317. The van der Waals surface area contributed by atoms with Crippen LogP contribution in [0, 0.1) is 27.7 Å². The van der Waals surface area contributed by atoms with E-state index in [0.717, 1.165) is 44.6 Å². The van der Waals surface area contributed by atoms with Crippen LogP contribution in [0.4, 0.5) is 18.9 Å². The second kappa shape index (κ2) is 9.67. The molecule has 1 aromatic heterocycles. The smallest absolute Gasteiger partial charge is 0.308 e. The third kappa shape index (κ3) is 4.14. The fourth-order valence-corrected chi connectivity index (χ4v) is 6.71. The lowest BCUT2D eigenvalue weighted by atomic mass is 9.98. The minimum Gasteiger partial charge on any atom is -0.308 e. The lowest BCUT2D eigenvalue weighted by Crippen LogP contribution is -2.31. The van der Waals surface area contributed by atoms with Crippen molar-refractivity contribution in [2.45, 2.75) is 33.9 Å². The molecule has 0 spiro atoms. The number of amides is 2. The number of nitrogens with zero attached hydrogens (tertiary/aromatic N) is 2. The highest BCUT2D eigenvalue weighted by atomic mass is 19.4. The molecule has 0 saturated carbocycles. The number of carbonyl (C=O) groups is 2. The van der Waals surface area contributed by atoms with Crippen molar-refractivity contribution in [2.75, 3.05) is 4.90 Å². The minimum atomic E-state index is -4.46. The van der Waals surface area contributed by atoms with Crippen LogP contribution in [0.25, 0.3) is 38.6 Å². The first-order chi connectivity index (χ1) is 20.9. The van der Waals surface area contributed by atoms with Crippen LogP contribution in [0.15, 0.2) is 91.0 Å². The van der Waals surface area contributed by atoms with Gasteiger partial charge in [-0.2, -0.15) is 13.2 Å². The summed E-state index contributed by atoms with van der Waals surface area (Å²) in [5.41, 5.74) is 7.06. The molecule has 0 saturated heterocycles. The van der Waals surface area contributed by atoms with Crippen molar-refractivity contribution >= 4 is 39.3 Å². The van der Waals surface area contributed by atoms with E-state index in [1.54, 1.807) is 31.2 Å². The number of fused-ring (bicyclic) bond motifs is 4.